The van der Waals surface area contributed by atoms with E-state index in [4.69, 9.17) is 0 Å². The third-order valence-electron chi connectivity index (χ3n) is 2.87. The molecule has 0 saturated heterocycles. The van der Waals surface area contributed by atoms with Crippen molar-refractivity contribution in [1.82, 2.24) is 10.6 Å². The SMILES string of the molecule is Cc1cccc(CNCCC(=O)NCC(C)C)c1O. The van der Waals surface area contributed by atoms with Crippen molar-refractivity contribution < 1.29 is 9.90 Å². The molecule has 1 aromatic carbocycles. The van der Waals surface area contributed by atoms with Gasteiger partial charge in [-0.1, -0.05) is 32.0 Å². The van der Waals surface area contributed by atoms with Gasteiger partial charge in [-0.2, -0.15) is 0 Å². The zero-order valence-electron chi connectivity index (χ0n) is 12.0. The van der Waals surface area contributed by atoms with Crippen LogP contribution in [0.25, 0.3) is 0 Å². The molecule has 19 heavy (non-hydrogen) atoms. The molecule has 0 fully saturated rings. The van der Waals surface area contributed by atoms with E-state index < -0.39 is 0 Å². The van der Waals surface area contributed by atoms with Crippen LogP contribution in [-0.2, 0) is 11.3 Å². The zero-order valence-corrected chi connectivity index (χ0v) is 12.0. The van der Waals surface area contributed by atoms with Crippen molar-refractivity contribution >= 4 is 5.91 Å². The van der Waals surface area contributed by atoms with Gasteiger partial charge in [0.15, 0.2) is 0 Å². The first-order valence-corrected chi connectivity index (χ1v) is 6.75. The van der Waals surface area contributed by atoms with Crippen molar-refractivity contribution in [1.29, 1.82) is 0 Å². The highest BCUT2D eigenvalue weighted by atomic mass is 16.3. The third kappa shape index (κ3) is 5.75. The third-order valence-corrected chi connectivity index (χ3v) is 2.87. The second-order valence-corrected chi connectivity index (χ2v) is 5.21. The Labute approximate surface area is 115 Å². The molecule has 1 rings (SSSR count). The van der Waals surface area contributed by atoms with Gasteiger partial charge in [-0.25, -0.2) is 0 Å². The highest BCUT2D eigenvalue weighted by Crippen LogP contribution is 2.20. The number of phenols is 1. The van der Waals surface area contributed by atoms with E-state index in [1.807, 2.05) is 25.1 Å². The Balaban J connectivity index is 2.24. The Bertz CT molecular complexity index is 417. The lowest BCUT2D eigenvalue weighted by atomic mass is 10.1. The van der Waals surface area contributed by atoms with Crippen LogP contribution in [0.5, 0.6) is 5.75 Å². The first kappa shape index (κ1) is 15.5. The molecule has 3 N–H and O–H groups in total. The van der Waals surface area contributed by atoms with Crippen molar-refractivity contribution in [3.8, 4) is 5.75 Å². The summed E-state index contributed by atoms with van der Waals surface area (Å²) >= 11 is 0. The van der Waals surface area contributed by atoms with Crippen molar-refractivity contribution in [2.45, 2.75) is 33.7 Å². The molecule has 0 saturated carbocycles. The average molecular weight is 264 g/mol. The Morgan fingerprint density at radius 2 is 2.11 bits per heavy atom. The van der Waals surface area contributed by atoms with Crippen LogP contribution in [-0.4, -0.2) is 24.1 Å². The number of phenolic OH excluding ortho intramolecular Hbond substituents is 1. The fraction of sp³-hybridized carbons (Fsp3) is 0.533. The maximum absolute atomic E-state index is 11.5. The van der Waals surface area contributed by atoms with Gasteiger partial charge >= 0.3 is 0 Å². The molecule has 0 aliphatic rings. The number of benzene rings is 1. The van der Waals surface area contributed by atoms with Gasteiger partial charge in [-0.05, 0) is 18.4 Å². The van der Waals surface area contributed by atoms with Gasteiger partial charge in [0.2, 0.25) is 5.91 Å². The Morgan fingerprint density at radius 3 is 2.79 bits per heavy atom. The van der Waals surface area contributed by atoms with Gasteiger partial charge < -0.3 is 15.7 Å². The molecule has 1 aromatic rings. The number of aromatic hydroxyl groups is 1. The van der Waals surface area contributed by atoms with E-state index in [0.717, 1.165) is 17.7 Å². The summed E-state index contributed by atoms with van der Waals surface area (Å²) in [7, 11) is 0. The average Bonchev–Trinajstić information content (AvgIpc) is 2.37. The number of carbonyl (C=O) groups is 1. The van der Waals surface area contributed by atoms with E-state index in [-0.39, 0.29) is 5.91 Å². The number of hydrogen-bond acceptors (Lipinski definition) is 3. The van der Waals surface area contributed by atoms with Crippen molar-refractivity contribution in [2.75, 3.05) is 13.1 Å². The smallest absolute Gasteiger partial charge is 0.221 e. The number of aryl methyl sites for hydroxylation is 1. The van der Waals surface area contributed by atoms with Crippen LogP contribution < -0.4 is 10.6 Å². The molecule has 0 aliphatic carbocycles. The Morgan fingerprint density at radius 1 is 1.37 bits per heavy atom. The lowest BCUT2D eigenvalue weighted by molar-refractivity contribution is -0.121. The maximum atomic E-state index is 11.5. The first-order chi connectivity index (χ1) is 9.00. The second-order valence-electron chi connectivity index (χ2n) is 5.21. The number of nitrogens with one attached hydrogen (secondary N) is 2. The van der Waals surface area contributed by atoms with Crippen LogP contribution in [0.4, 0.5) is 0 Å². The van der Waals surface area contributed by atoms with Gasteiger partial charge in [-0.15, -0.1) is 0 Å². The van der Waals surface area contributed by atoms with Crippen molar-refractivity contribution in [3.05, 3.63) is 29.3 Å². The predicted octanol–water partition coefficient (Wildman–Crippen LogP) is 1.95. The van der Waals surface area contributed by atoms with Crippen LogP contribution in [0.2, 0.25) is 0 Å². The lowest BCUT2D eigenvalue weighted by Crippen LogP contribution is -2.30. The summed E-state index contributed by atoms with van der Waals surface area (Å²) in [5, 5.41) is 15.9. The highest BCUT2D eigenvalue weighted by Gasteiger charge is 2.04. The van der Waals surface area contributed by atoms with Gasteiger partial charge in [0.25, 0.3) is 0 Å². The maximum Gasteiger partial charge on any atom is 0.221 e. The second kappa shape index (κ2) is 7.79. The van der Waals surface area contributed by atoms with E-state index in [9.17, 15) is 9.90 Å². The number of rotatable bonds is 7. The van der Waals surface area contributed by atoms with E-state index in [0.29, 0.717) is 31.2 Å². The largest absolute Gasteiger partial charge is 0.507 e. The molecule has 106 valence electrons. The summed E-state index contributed by atoms with van der Waals surface area (Å²) in [4.78, 5) is 11.5. The summed E-state index contributed by atoms with van der Waals surface area (Å²) < 4.78 is 0. The minimum atomic E-state index is 0.0645. The number of para-hydroxylation sites is 1. The van der Waals surface area contributed by atoms with Gasteiger partial charge in [0.05, 0.1) is 0 Å². The Hall–Kier alpha value is -1.55. The van der Waals surface area contributed by atoms with E-state index in [1.54, 1.807) is 0 Å². The van der Waals surface area contributed by atoms with Gasteiger partial charge in [-0.3, -0.25) is 4.79 Å². The highest BCUT2D eigenvalue weighted by molar-refractivity contribution is 5.76. The quantitative estimate of drug-likeness (QED) is 0.660. The van der Waals surface area contributed by atoms with Gasteiger partial charge in [0.1, 0.15) is 5.75 Å². The van der Waals surface area contributed by atoms with E-state index in [1.165, 1.54) is 0 Å². The molecule has 4 heteroatoms. The summed E-state index contributed by atoms with van der Waals surface area (Å²) in [6.45, 7) is 7.91. The zero-order chi connectivity index (χ0) is 14.3. The summed E-state index contributed by atoms with van der Waals surface area (Å²) in [6, 6.07) is 5.67. The summed E-state index contributed by atoms with van der Waals surface area (Å²) in [6.07, 6.45) is 0.458. The summed E-state index contributed by atoms with van der Waals surface area (Å²) in [5.41, 5.74) is 1.73. The standard InChI is InChI=1S/C15H24N2O2/c1-11(2)9-17-14(18)7-8-16-10-13-6-4-5-12(3)15(13)19/h4-6,11,16,19H,7-10H2,1-3H3,(H,17,18). The minimum absolute atomic E-state index is 0.0645. The lowest BCUT2D eigenvalue weighted by Gasteiger charge is -2.10. The molecule has 0 spiro atoms. The molecular weight excluding hydrogens is 240 g/mol. The molecule has 0 radical (unpaired) electrons. The van der Waals surface area contributed by atoms with Crippen molar-refractivity contribution in [2.24, 2.45) is 5.92 Å². The monoisotopic (exact) mass is 264 g/mol. The normalized spacial score (nSPS) is 10.7. The molecular formula is C15H24N2O2. The van der Waals surface area contributed by atoms with Crippen LogP contribution in [0.1, 0.15) is 31.4 Å². The minimum Gasteiger partial charge on any atom is -0.507 e. The molecule has 0 bridgehead atoms. The molecule has 0 aromatic heterocycles. The van der Waals surface area contributed by atoms with Crippen molar-refractivity contribution in [3.63, 3.8) is 0 Å². The van der Waals surface area contributed by atoms with Crippen LogP contribution in [0, 0.1) is 12.8 Å². The Kier molecular flexibility index (Phi) is 6.36. The van der Waals surface area contributed by atoms with Gasteiger partial charge in [0, 0.05) is 31.6 Å². The molecule has 0 aliphatic heterocycles. The van der Waals surface area contributed by atoms with Crippen LogP contribution in [0.15, 0.2) is 18.2 Å². The molecule has 0 heterocycles. The summed E-state index contributed by atoms with van der Waals surface area (Å²) in [5.74, 6) is 0.870. The molecule has 0 atom stereocenters. The number of hydrogen-bond donors (Lipinski definition) is 3. The fourth-order valence-electron chi connectivity index (χ4n) is 1.69. The van der Waals surface area contributed by atoms with E-state index >= 15 is 0 Å². The fourth-order valence-corrected chi connectivity index (χ4v) is 1.69. The predicted molar refractivity (Wildman–Crippen MR) is 77.0 cm³/mol. The number of amides is 1. The van der Waals surface area contributed by atoms with E-state index in [2.05, 4.69) is 24.5 Å². The number of carbonyl (C=O) groups excluding carboxylic acids is 1. The molecule has 0 unspecified atom stereocenters. The van der Waals surface area contributed by atoms with Crippen LogP contribution in [0.3, 0.4) is 0 Å². The van der Waals surface area contributed by atoms with Crippen LogP contribution >= 0.6 is 0 Å². The molecule has 4 nitrogen and oxygen atoms in total. The molecule has 1 amide bonds. The topological polar surface area (TPSA) is 61.4 Å². The first-order valence-electron chi connectivity index (χ1n) is 6.75.